The molecule has 0 fully saturated rings. The maximum atomic E-state index is 5.56. The highest BCUT2D eigenvalue weighted by molar-refractivity contribution is 5.92. The first-order valence-electron chi connectivity index (χ1n) is 5.41. The zero-order valence-corrected chi connectivity index (χ0v) is 9.69. The normalized spacial score (nSPS) is 12.7. The van der Waals surface area contributed by atoms with Crippen LogP contribution in [-0.4, -0.2) is 9.61 Å². The molecule has 0 amide bonds. The van der Waals surface area contributed by atoms with E-state index in [0.29, 0.717) is 0 Å². The zero-order chi connectivity index (χ0) is 11.3. The predicted molar refractivity (Wildman–Crippen MR) is 63.7 cm³/mol. The van der Waals surface area contributed by atoms with E-state index in [0.717, 1.165) is 16.5 Å². The summed E-state index contributed by atoms with van der Waals surface area (Å²) in [7, 11) is 0. The number of pyridine rings is 1. The molecule has 0 aliphatic heterocycles. The van der Waals surface area contributed by atoms with E-state index < -0.39 is 0 Å². The number of hydrogen-bond donors (Lipinski definition) is 0. The molecule has 16 heavy (non-hydrogen) atoms. The Bertz CT molecular complexity index is 655. The van der Waals surface area contributed by atoms with Crippen LogP contribution in [0.5, 0.6) is 0 Å². The number of hydrogen-bond acceptors (Lipinski definition) is 2. The minimum absolute atomic E-state index is 0.0722. The van der Waals surface area contributed by atoms with E-state index in [1.165, 1.54) is 5.56 Å². The second kappa shape index (κ2) is 2.88. The van der Waals surface area contributed by atoms with Gasteiger partial charge in [0.05, 0.1) is 12.5 Å². The Labute approximate surface area is 93.7 Å². The molecule has 3 aromatic rings. The van der Waals surface area contributed by atoms with Gasteiger partial charge in [-0.15, -0.1) is 0 Å². The predicted octanol–water partition coefficient (Wildman–Crippen LogP) is 3.38. The SMILES string of the molecule is CC(C)(C)c1cnn2ccc3ccoc3c12. The van der Waals surface area contributed by atoms with Crippen LogP contribution in [0.4, 0.5) is 0 Å². The lowest BCUT2D eigenvalue weighted by atomic mass is 9.88. The number of rotatable bonds is 0. The highest BCUT2D eigenvalue weighted by Crippen LogP contribution is 2.31. The van der Waals surface area contributed by atoms with Crippen molar-refractivity contribution in [1.29, 1.82) is 0 Å². The van der Waals surface area contributed by atoms with Crippen LogP contribution in [-0.2, 0) is 5.41 Å². The van der Waals surface area contributed by atoms with E-state index in [2.05, 4.69) is 25.9 Å². The van der Waals surface area contributed by atoms with Crippen molar-refractivity contribution in [1.82, 2.24) is 9.61 Å². The lowest BCUT2D eigenvalue weighted by molar-refractivity contribution is 0.590. The second-order valence-corrected chi connectivity index (χ2v) is 5.12. The quantitative estimate of drug-likeness (QED) is 0.574. The average Bonchev–Trinajstić information content (AvgIpc) is 2.81. The lowest BCUT2D eigenvalue weighted by Gasteiger charge is -2.16. The van der Waals surface area contributed by atoms with Gasteiger partial charge in [0.1, 0.15) is 5.52 Å². The molecule has 0 N–H and O–H groups in total. The van der Waals surface area contributed by atoms with Gasteiger partial charge in [-0.2, -0.15) is 5.10 Å². The standard InChI is InChI=1S/C13H14N2O/c1-13(2,3)10-8-14-15-6-4-9-5-7-16-12(9)11(10)15/h4-8H,1-3H3. The summed E-state index contributed by atoms with van der Waals surface area (Å²) in [6, 6.07) is 4.00. The highest BCUT2D eigenvalue weighted by Gasteiger charge is 2.21. The summed E-state index contributed by atoms with van der Waals surface area (Å²) < 4.78 is 7.45. The van der Waals surface area contributed by atoms with Crippen LogP contribution in [0.25, 0.3) is 16.5 Å². The Morgan fingerprint density at radius 1 is 1.25 bits per heavy atom. The molecular formula is C13H14N2O. The summed E-state index contributed by atoms with van der Waals surface area (Å²) >= 11 is 0. The summed E-state index contributed by atoms with van der Waals surface area (Å²) in [5.41, 5.74) is 3.29. The Morgan fingerprint density at radius 2 is 2.06 bits per heavy atom. The highest BCUT2D eigenvalue weighted by atomic mass is 16.3. The van der Waals surface area contributed by atoms with E-state index in [9.17, 15) is 0 Å². The Balaban J connectivity index is 2.51. The molecule has 3 nitrogen and oxygen atoms in total. The van der Waals surface area contributed by atoms with E-state index in [-0.39, 0.29) is 5.41 Å². The molecule has 0 aromatic carbocycles. The molecule has 0 aliphatic carbocycles. The number of furan rings is 1. The van der Waals surface area contributed by atoms with Crippen molar-refractivity contribution in [2.45, 2.75) is 26.2 Å². The lowest BCUT2D eigenvalue weighted by Crippen LogP contribution is -2.10. The van der Waals surface area contributed by atoms with Crippen LogP contribution < -0.4 is 0 Å². The average molecular weight is 214 g/mol. The van der Waals surface area contributed by atoms with Gasteiger partial charge in [0.15, 0.2) is 5.58 Å². The van der Waals surface area contributed by atoms with E-state index in [1.54, 1.807) is 6.26 Å². The molecule has 82 valence electrons. The van der Waals surface area contributed by atoms with Crippen LogP contribution in [0.15, 0.2) is 35.2 Å². The van der Waals surface area contributed by atoms with Crippen LogP contribution in [0.1, 0.15) is 26.3 Å². The molecule has 3 aromatic heterocycles. The number of fused-ring (bicyclic) bond motifs is 3. The maximum Gasteiger partial charge on any atom is 0.159 e. The van der Waals surface area contributed by atoms with Crippen LogP contribution in [0.2, 0.25) is 0 Å². The van der Waals surface area contributed by atoms with Crippen molar-refractivity contribution in [2.24, 2.45) is 0 Å². The summed E-state index contributed by atoms with van der Waals surface area (Å²) in [6.45, 7) is 6.56. The zero-order valence-electron chi connectivity index (χ0n) is 9.69. The van der Waals surface area contributed by atoms with Gasteiger partial charge in [-0.05, 0) is 17.5 Å². The Morgan fingerprint density at radius 3 is 2.81 bits per heavy atom. The van der Waals surface area contributed by atoms with Crippen LogP contribution in [0.3, 0.4) is 0 Å². The number of nitrogens with zero attached hydrogens (tertiary/aromatic N) is 2. The van der Waals surface area contributed by atoms with Gasteiger partial charge in [-0.3, -0.25) is 0 Å². The second-order valence-electron chi connectivity index (χ2n) is 5.12. The van der Waals surface area contributed by atoms with Crippen LogP contribution in [0, 0.1) is 0 Å². The Kier molecular flexibility index (Phi) is 1.70. The summed E-state index contributed by atoms with van der Waals surface area (Å²) in [6.07, 6.45) is 5.63. The first-order chi connectivity index (χ1) is 7.57. The molecule has 0 atom stereocenters. The van der Waals surface area contributed by atoms with Crippen molar-refractivity contribution in [3.05, 3.63) is 36.4 Å². The van der Waals surface area contributed by atoms with Crippen molar-refractivity contribution >= 4 is 16.5 Å². The molecule has 0 radical (unpaired) electrons. The van der Waals surface area contributed by atoms with E-state index >= 15 is 0 Å². The van der Waals surface area contributed by atoms with Gasteiger partial charge < -0.3 is 4.42 Å². The van der Waals surface area contributed by atoms with Gasteiger partial charge in [0.25, 0.3) is 0 Å². The van der Waals surface area contributed by atoms with Crippen LogP contribution >= 0.6 is 0 Å². The largest absolute Gasteiger partial charge is 0.462 e. The molecule has 3 rings (SSSR count). The number of aromatic nitrogens is 2. The molecule has 0 spiro atoms. The summed E-state index contributed by atoms with van der Waals surface area (Å²) in [5, 5.41) is 5.50. The fourth-order valence-electron chi connectivity index (χ4n) is 2.04. The third kappa shape index (κ3) is 1.18. The first-order valence-corrected chi connectivity index (χ1v) is 5.41. The summed E-state index contributed by atoms with van der Waals surface area (Å²) in [4.78, 5) is 0. The molecule has 0 aliphatic rings. The monoisotopic (exact) mass is 214 g/mol. The van der Waals surface area contributed by atoms with Gasteiger partial charge in [-0.25, -0.2) is 4.52 Å². The van der Waals surface area contributed by atoms with E-state index in [1.807, 2.05) is 29.0 Å². The maximum absolute atomic E-state index is 5.56. The molecular weight excluding hydrogens is 200 g/mol. The molecule has 0 saturated carbocycles. The third-order valence-electron chi connectivity index (χ3n) is 2.91. The van der Waals surface area contributed by atoms with Crippen molar-refractivity contribution in [3.8, 4) is 0 Å². The van der Waals surface area contributed by atoms with Gasteiger partial charge in [0.2, 0.25) is 0 Å². The molecule has 0 saturated heterocycles. The molecule has 0 unspecified atom stereocenters. The van der Waals surface area contributed by atoms with Crippen molar-refractivity contribution in [2.75, 3.05) is 0 Å². The molecule has 0 bridgehead atoms. The van der Waals surface area contributed by atoms with Gasteiger partial charge in [0, 0.05) is 17.1 Å². The fourth-order valence-corrected chi connectivity index (χ4v) is 2.04. The Hall–Kier alpha value is -1.77. The van der Waals surface area contributed by atoms with E-state index in [4.69, 9.17) is 4.42 Å². The fraction of sp³-hybridized carbons (Fsp3) is 0.308. The van der Waals surface area contributed by atoms with Crippen molar-refractivity contribution < 1.29 is 4.42 Å². The topological polar surface area (TPSA) is 30.4 Å². The minimum atomic E-state index is 0.0722. The third-order valence-corrected chi connectivity index (χ3v) is 2.91. The van der Waals surface area contributed by atoms with Crippen molar-refractivity contribution in [3.63, 3.8) is 0 Å². The molecule has 3 heterocycles. The van der Waals surface area contributed by atoms with Gasteiger partial charge >= 0.3 is 0 Å². The minimum Gasteiger partial charge on any atom is -0.462 e. The first kappa shape index (κ1) is 9.46. The summed E-state index contributed by atoms with van der Waals surface area (Å²) in [5.74, 6) is 0. The molecule has 3 heteroatoms. The smallest absolute Gasteiger partial charge is 0.159 e. The van der Waals surface area contributed by atoms with Gasteiger partial charge in [-0.1, -0.05) is 20.8 Å².